The number of hydrogen-bond donors (Lipinski definition) is 0. The zero-order valence-corrected chi connectivity index (χ0v) is 12.9. The van der Waals surface area contributed by atoms with Gasteiger partial charge in [-0.3, -0.25) is 4.79 Å². The fourth-order valence-corrected chi connectivity index (χ4v) is 2.69. The van der Waals surface area contributed by atoms with Crippen LogP contribution in [0.25, 0.3) is 0 Å². The van der Waals surface area contributed by atoms with Crippen molar-refractivity contribution in [3.8, 4) is 5.75 Å². The van der Waals surface area contributed by atoms with E-state index >= 15 is 0 Å². The minimum atomic E-state index is 0.0471. The predicted octanol–water partition coefficient (Wildman–Crippen LogP) is 2.71. The molecule has 0 N–H and O–H groups in total. The van der Waals surface area contributed by atoms with Gasteiger partial charge in [0.2, 0.25) is 0 Å². The number of carbonyl (C=O) groups excluding carboxylic acids is 1. The molecule has 0 unspecified atom stereocenters. The molecule has 0 aromatic heterocycles. The zero-order valence-electron chi connectivity index (χ0n) is 11.3. The number of hydrogen-bond acceptors (Lipinski definition) is 3. The van der Waals surface area contributed by atoms with Gasteiger partial charge in [0.15, 0.2) is 0 Å². The molecule has 2 fully saturated rings. The summed E-state index contributed by atoms with van der Waals surface area (Å²) in [7, 11) is 0. The van der Waals surface area contributed by atoms with Crippen LogP contribution in [0.15, 0.2) is 22.7 Å². The molecule has 108 valence electrons. The average Bonchev–Trinajstić information content (AvgIpc) is 3.29. The van der Waals surface area contributed by atoms with Gasteiger partial charge in [0.25, 0.3) is 5.91 Å². The van der Waals surface area contributed by atoms with Gasteiger partial charge >= 0.3 is 0 Å². The van der Waals surface area contributed by atoms with E-state index in [9.17, 15) is 4.79 Å². The second kappa shape index (κ2) is 6.14. The fraction of sp³-hybridized carbons (Fsp3) is 0.533. The summed E-state index contributed by atoms with van der Waals surface area (Å²) in [6, 6.07) is 5.60. The van der Waals surface area contributed by atoms with Crippen molar-refractivity contribution in [1.82, 2.24) is 4.90 Å². The molecule has 1 amide bonds. The highest BCUT2D eigenvalue weighted by Crippen LogP contribution is 2.30. The van der Waals surface area contributed by atoms with Crippen LogP contribution in [-0.4, -0.2) is 43.7 Å². The van der Waals surface area contributed by atoms with Gasteiger partial charge in [-0.05, 0) is 37.0 Å². The predicted molar refractivity (Wildman–Crippen MR) is 79.1 cm³/mol. The highest BCUT2D eigenvalue weighted by Gasteiger charge is 2.23. The molecule has 1 aliphatic carbocycles. The molecular formula is C15H18BrNO3. The minimum Gasteiger partial charge on any atom is -0.493 e. The Morgan fingerprint density at radius 2 is 2.05 bits per heavy atom. The largest absolute Gasteiger partial charge is 0.493 e. The standard InChI is InChI=1S/C15H18BrNO3/c16-13-7-12(15(18)17-3-5-19-6-4-17)8-14(9-13)20-10-11-1-2-11/h7-9,11H,1-6,10H2. The van der Waals surface area contributed by atoms with Crippen LogP contribution in [-0.2, 0) is 4.74 Å². The van der Waals surface area contributed by atoms with Crippen LogP contribution in [0.5, 0.6) is 5.75 Å². The van der Waals surface area contributed by atoms with E-state index in [4.69, 9.17) is 9.47 Å². The van der Waals surface area contributed by atoms with Crippen molar-refractivity contribution in [1.29, 1.82) is 0 Å². The van der Waals surface area contributed by atoms with E-state index in [1.807, 2.05) is 23.1 Å². The number of carbonyl (C=O) groups is 1. The first-order valence-corrected chi connectivity index (χ1v) is 7.82. The Bertz CT molecular complexity index is 496. The van der Waals surface area contributed by atoms with Gasteiger partial charge in [-0.2, -0.15) is 0 Å². The Morgan fingerprint density at radius 3 is 2.75 bits per heavy atom. The number of rotatable bonds is 4. The molecule has 1 heterocycles. The van der Waals surface area contributed by atoms with E-state index in [0.29, 0.717) is 37.8 Å². The van der Waals surface area contributed by atoms with Crippen molar-refractivity contribution >= 4 is 21.8 Å². The number of amides is 1. The average molecular weight is 340 g/mol. The molecule has 1 aromatic carbocycles. The van der Waals surface area contributed by atoms with Crippen LogP contribution < -0.4 is 4.74 Å². The summed E-state index contributed by atoms with van der Waals surface area (Å²) in [5.41, 5.74) is 0.673. The van der Waals surface area contributed by atoms with E-state index in [1.165, 1.54) is 12.8 Å². The number of morpholine rings is 1. The summed E-state index contributed by atoms with van der Waals surface area (Å²) < 4.78 is 11.9. The lowest BCUT2D eigenvalue weighted by molar-refractivity contribution is 0.0302. The molecule has 2 aliphatic rings. The van der Waals surface area contributed by atoms with Crippen LogP contribution >= 0.6 is 15.9 Å². The Hall–Kier alpha value is -1.07. The molecule has 0 radical (unpaired) electrons. The molecule has 4 nitrogen and oxygen atoms in total. The lowest BCUT2D eigenvalue weighted by Crippen LogP contribution is -2.40. The third kappa shape index (κ3) is 3.52. The van der Waals surface area contributed by atoms with Crippen LogP contribution in [0, 0.1) is 5.92 Å². The number of benzene rings is 1. The number of halogens is 1. The zero-order chi connectivity index (χ0) is 13.9. The van der Waals surface area contributed by atoms with E-state index in [0.717, 1.165) is 16.8 Å². The third-order valence-electron chi connectivity index (χ3n) is 3.60. The van der Waals surface area contributed by atoms with Gasteiger partial charge in [-0.15, -0.1) is 0 Å². The van der Waals surface area contributed by atoms with Crippen LogP contribution in [0.4, 0.5) is 0 Å². The Labute approximate surface area is 127 Å². The van der Waals surface area contributed by atoms with Crippen molar-refractivity contribution in [2.24, 2.45) is 5.92 Å². The highest BCUT2D eigenvalue weighted by molar-refractivity contribution is 9.10. The molecule has 0 atom stereocenters. The van der Waals surface area contributed by atoms with Gasteiger partial charge in [0.05, 0.1) is 19.8 Å². The van der Waals surface area contributed by atoms with Gasteiger partial charge in [0.1, 0.15) is 5.75 Å². The summed E-state index contributed by atoms with van der Waals surface area (Å²) in [4.78, 5) is 14.3. The first-order valence-electron chi connectivity index (χ1n) is 7.03. The molecule has 20 heavy (non-hydrogen) atoms. The lowest BCUT2D eigenvalue weighted by Gasteiger charge is -2.27. The Balaban J connectivity index is 1.71. The number of ether oxygens (including phenoxy) is 2. The van der Waals surface area contributed by atoms with Crippen molar-refractivity contribution in [3.05, 3.63) is 28.2 Å². The molecule has 5 heteroatoms. The molecule has 1 saturated heterocycles. The third-order valence-corrected chi connectivity index (χ3v) is 4.06. The van der Waals surface area contributed by atoms with Gasteiger partial charge in [-0.25, -0.2) is 0 Å². The van der Waals surface area contributed by atoms with Crippen molar-refractivity contribution < 1.29 is 14.3 Å². The maximum absolute atomic E-state index is 12.4. The molecule has 1 aromatic rings. The summed E-state index contributed by atoms with van der Waals surface area (Å²) in [5, 5.41) is 0. The molecule has 0 spiro atoms. The maximum atomic E-state index is 12.4. The summed E-state index contributed by atoms with van der Waals surface area (Å²) in [6.07, 6.45) is 2.52. The smallest absolute Gasteiger partial charge is 0.254 e. The van der Waals surface area contributed by atoms with E-state index in [1.54, 1.807) is 0 Å². The molecule has 1 aliphatic heterocycles. The monoisotopic (exact) mass is 339 g/mol. The quantitative estimate of drug-likeness (QED) is 0.846. The van der Waals surface area contributed by atoms with Gasteiger partial charge < -0.3 is 14.4 Å². The van der Waals surface area contributed by atoms with E-state index in [2.05, 4.69) is 15.9 Å². The molecule has 3 rings (SSSR count). The van der Waals surface area contributed by atoms with Crippen LogP contribution in [0.1, 0.15) is 23.2 Å². The van der Waals surface area contributed by atoms with Crippen molar-refractivity contribution in [3.63, 3.8) is 0 Å². The van der Waals surface area contributed by atoms with Gasteiger partial charge in [-0.1, -0.05) is 15.9 Å². The van der Waals surface area contributed by atoms with Gasteiger partial charge in [0, 0.05) is 23.1 Å². The second-order valence-corrected chi connectivity index (χ2v) is 6.25. The summed E-state index contributed by atoms with van der Waals surface area (Å²) in [6.45, 7) is 3.30. The maximum Gasteiger partial charge on any atom is 0.254 e. The lowest BCUT2D eigenvalue weighted by atomic mass is 10.2. The van der Waals surface area contributed by atoms with Crippen LogP contribution in [0.3, 0.4) is 0 Å². The first-order chi connectivity index (χ1) is 9.72. The second-order valence-electron chi connectivity index (χ2n) is 5.33. The fourth-order valence-electron chi connectivity index (χ4n) is 2.22. The summed E-state index contributed by atoms with van der Waals surface area (Å²) >= 11 is 3.45. The van der Waals surface area contributed by atoms with Crippen LogP contribution in [0.2, 0.25) is 0 Å². The number of nitrogens with zero attached hydrogens (tertiary/aromatic N) is 1. The summed E-state index contributed by atoms with van der Waals surface area (Å²) in [5.74, 6) is 1.51. The first kappa shape index (κ1) is 13.9. The molecule has 1 saturated carbocycles. The SMILES string of the molecule is O=C(c1cc(Br)cc(OCC2CC2)c1)N1CCOCC1. The van der Waals surface area contributed by atoms with E-state index < -0.39 is 0 Å². The normalized spacial score (nSPS) is 18.9. The Kier molecular flexibility index (Phi) is 4.27. The minimum absolute atomic E-state index is 0.0471. The Morgan fingerprint density at radius 1 is 1.30 bits per heavy atom. The van der Waals surface area contributed by atoms with Crippen molar-refractivity contribution in [2.75, 3.05) is 32.9 Å². The highest BCUT2D eigenvalue weighted by atomic mass is 79.9. The van der Waals surface area contributed by atoms with Crippen molar-refractivity contribution in [2.45, 2.75) is 12.8 Å². The molecule has 0 bridgehead atoms. The van der Waals surface area contributed by atoms with E-state index in [-0.39, 0.29) is 5.91 Å². The topological polar surface area (TPSA) is 38.8 Å². The molecular weight excluding hydrogens is 322 g/mol.